The highest BCUT2D eigenvalue weighted by Crippen LogP contribution is 2.32. The number of nitrogens with two attached hydrogens (primary N) is 1. The van der Waals surface area contributed by atoms with Crippen molar-refractivity contribution in [1.82, 2.24) is 9.97 Å². The SMILES string of the molecule is C[C@@H](N)C1CCC(C(=O)Cc2ccnc3[nH]c(-c4ccsc4)cc23)CC1. The van der Waals surface area contributed by atoms with Crippen LogP contribution in [-0.4, -0.2) is 21.8 Å². The number of aromatic nitrogens is 2. The van der Waals surface area contributed by atoms with E-state index in [9.17, 15) is 4.79 Å². The van der Waals surface area contributed by atoms with Gasteiger partial charge in [-0.2, -0.15) is 11.3 Å². The molecule has 0 bridgehead atoms. The summed E-state index contributed by atoms with van der Waals surface area (Å²) in [6, 6.07) is 6.44. The van der Waals surface area contributed by atoms with Crippen molar-refractivity contribution in [2.75, 3.05) is 0 Å². The minimum Gasteiger partial charge on any atom is -0.339 e. The van der Waals surface area contributed by atoms with E-state index in [-0.39, 0.29) is 12.0 Å². The van der Waals surface area contributed by atoms with Crippen LogP contribution in [0.4, 0.5) is 0 Å². The molecule has 4 rings (SSSR count). The van der Waals surface area contributed by atoms with Crippen LogP contribution in [0.1, 0.15) is 38.2 Å². The van der Waals surface area contributed by atoms with Gasteiger partial charge < -0.3 is 10.7 Å². The van der Waals surface area contributed by atoms with E-state index in [1.165, 1.54) is 5.56 Å². The van der Waals surface area contributed by atoms with Crippen molar-refractivity contribution in [2.45, 2.75) is 45.1 Å². The molecule has 3 N–H and O–H groups in total. The van der Waals surface area contributed by atoms with Crippen LogP contribution in [0, 0.1) is 11.8 Å². The molecule has 26 heavy (non-hydrogen) atoms. The molecule has 0 aliphatic heterocycles. The Morgan fingerprint density at radius 3 is 2.85 bits per heavy atom. The Bertz CT molecular complexity index is 889. The lowest BCUT2D eigenvalue weighted by atomic mass is 9.76. The van der Waals surface area contributed by atoms with Crippen LogP contribution in [0.25, 0.3) is 22.3 Å². The van der Waals surface area contributed by atoms with Crippen molar-refractivity contribution < 1.29 is 4.79 Å². The average Bonchev–Trinajstić information content (AvgIpc) is 3.31. The lowest BCUT2D eigenvalue weighted by molar-refractivity contribution is -0.123. The first kappa shape index (κ1) is 17.4. The molecule has 5 heteroatoms. The molecule has 1 saturated carbocycles. The third kappa shape index (κ3) is 3.46. The van der Waals surface area contributed by atoms with Crippen LogP contribution >= 0.6 is 11.3 Å². The summed E-state index contributed by atoms with van der Waals surface area (Å²) in [5, 5.41) is 5.25. The number of pyridine rings is 1. The third-order valence-electron chi connectivity index (χ3n) is 5.79. The molecular weight excluding hydrogens is 342 g/mol. The maximum Gasteiger partial charge on any atom is 0.140 e. The van der Waals surface area contributed by atoms with Crippen LogP contribution in [0.15, 0.2) is 35.2 Å². The zero-order valence-electron chi connectivity index (χ0n) is 15.1. The number of H-pyrrole nitrogens is 1. The molecule has 4 nitrogen and oxygen atoms in total. The van der Waals surface area contributed by atoms with E-state index < -0.39 is 0 Å². The number of thiophene rings is 1. The van der Waals surface area contributed by atoms with Crippen molar-refractivity contribution in [3.8, 4) is 11.3 Å². The summed E-state index contributed by atoms with van der Waals surface area (Å²) in [7, 11) is 0. The Morgan fingerprint density at radius 1 is 1.35 bits per heavy atom. The lowest BCUT2D eigenvalue weighted by Gasteiger charge is -2.30. The van der Waals surface area contributed by atoms with Gasteiger partial charge in [0, 0.05) is 46.6 Å². The van der Waals surface area contributed by atoms with Gasteiger partial charge in [-0.05, 0) is 67.7 Å². The molecule has 0 aromatic carbocycles. The standard InChI is InChI=1S/C21H25N3OS/c1-13(22)14-2-4-15(5-3-14)20(25)10-16-6-8-23-21-18(16)11-19(24-21)17-7-9-26-12-17/h6-9,11-15H,2-5,10,22H2,1H3,(H,23,24)/t13-,14?,15?/m1/s1. The van der Waals surface area contributed by atoms with Crippen LogP contribution < -0.4 is 5.73 Å². The average molecular weight is 368 g/mol. The zero-order chi connectivity index (χ0) is 18.1. The number of ketones is 1. The molecule has 1 atom stereocenters. The monoisotopic (exact) mass is 367 g/mol. The minimum absolute atomic E-state index is 0.184. The first-order valence-corrected chi connectivity index (χ1v) is 10.3. The first-order valence-electron chi connectivity index (χ1n) is 9.39. The fraction of sp³-hybridized carbons (Fsp3) is 0.429. The molecule has 3 heterocycles. The number of hydrogen-bond donors (Lipinski definition) is 2. The fourth-order valence-electron chi connectivity index (χ4n) is 4.11. The number of nitrogens with one attached hydrogen (secondary N) is 1. The van der Waals surface area contributed by atoms with E-state index in [1.54, 1.807) is 17.5 Å². The molecule has 1 aliphatic carbocycles. The van der Waals surface area contributed by atoms with Crippen molar-refractivity contribution in [3.05, 3.63) is 40.7 Å². The molecule has 1 aliphatic rings. The quantitative estimate of drug-likeness (QED) is 0.694. The van der Waals surface area contributed by atoms with Gasteiger partial charge >= 0.3 is 0 Å². The number of carbonyl (C=O) groups excluding carboxylic acids is 1. The molecule has 1 fully saturated rings. The highest BCUT2D eigenvalue weighted by atomic mass is 32.1. The maximum atomic E-state index is 12.9. The van der Waals surface area contributed by atoms with Gasteiger partial charge in [0.1, 0.15) is 11.4 Å². The summed E-state index contributed by atoms with van der Waals surface area (Å²) in [6.07, 6.45) is 6.40. The number of nitrogens with zero attached hydrogens (tertiary/aromatic N) is 1. The molecule has 0 spiro atoms. The normalized spacial score (nSPS) is 21.8. The second kappa shape index (κ2) is 7.33. The summed E-state index contributed by atoms with van der Waals surface area (Å²) in [5.41, 5.74) is 10.2. The summed E-state index contributed by atoms with van der Waals surface area (Å²) < 4.78 is 0. The van der Waals surface area contributed by atoms with E-state index in [0.717, 1.165) is 48.0 Å². The Kier molecular flexibility index (Phi) is 4.92. The number of carbonyl (C=O) groups is 1. The van der Waals surface area contributed by atoms with Crippen molar-refractivity contribution >= 4 is 28.2 Å². The number of fused-ring (bicyclic) bond motifs is 1. The Labute approximate surface area is 157 Å². The Balaban J connectivity index is 1.51. The van der Waals surface area contributed by atoms with Gasteiger partial charge in [-0.25, -0.2) is 4.98 Å². The molecule has 0 radical (unpaired) electrons. The molecule has 0 unspecified atom stereocenters. The second-order valence-electron chi connectivity index (χ2n) is 7.54. The van der Waals surface area contributed by atoms with E-state index in [0.29, 0.717) is 18.1 Å². The minimum atomic E-state index is 0.184. The Morgan fingerprint density at radius 2 is 2.15 bits per heavy atom. The summed E-state index contributed by atoms with van der Waals surface area (Å²) >= 11 is 1.68. The fourth-order valence-corrected chi connectivity index (χ4v) is 4.76. The van der Waals surface area contributed by atoms with Crippen LogP contribution in [0.5, 0.6) is 0 Å². The molecular formula is C21H25N3OS. The van der Waals surface area contributed by atoms with Gasteiger partial charge in [-0.1, -0.05) is 0 Å². The van der Waals surface area contributed by atoms with Crippen LogP contribution in [0.2, 0.25) is 0 Å². The molecule has 136 valence electrons. The largest absolute Gasteiger partial charge is 0.339 e. The zero-order valence-corrected chi connectivity index (χ0v) is 15.9. The molecule has 0 saturated heterocycles. The molecule has 3 aromatic heterocycles. The molecule has 0 amide bonds. The van der Waals surface area contributed by atoms with E-state index >= 15 is 0 Å². The Hall–Kier alpha value is -1.98. The summed E-state index contributed by atoms with van der Waals surface area (Å²) in [4.78, 5) is 20.7. The van der Waals surface area contributed by atoms with Gasteiger partial charge in [0.2, 0.25) is 0 Å². The van der Waals surface area contributed by atoms with Gasteiger partial charge in [0.15, 0.2) is 0 Å². The van der Waals surface area contributed by atoms with Gasteiger partial charge in [0.05, 0.1) is 0 Å². The van der Waals surface area contributed by atoms with Crippen LogP contribution in [-0.2, 0) is 11.2 Å². The smallest absolute Gasteiger partial charge is 0.140 e. The summed E-state index contributed by atoms with van der Waals surface area (Å²) in [6.45, 7) is 2.08. The number of rotatable bonds is 5. The van der Waals surface area contributed by atoms with Crippen molar-refractivity contribution in [2.24, 2.45) is 17.6 Å². The summed E-state index contributed by atoms with van der Waals surface area (Å²) in [5.74, 6) is 1.12. The predicted molar refractivity (Wildman–Crippen MR) is 107 cm³/mol. The first-order chi connectivity index (χ1) is 12.6. The lowest BCUT2D eigenvalue weighted by Crippen LogP contribution is -2.32. The number of Topliss-reactive ketones (excluding diaryl/α,β-unsaturated/α-hetero) is 1. The predicted octanol–water partition coefficient (Wildman–Crippen LogP) is 4.56. The van der Waals surface area contributed by atoms with E-state index in [1.807, 2.05) is 6.07 Å². The topological polar surface area (TPSA) is 71.8 Å². The second-order valence-corrected chi connectivity index (χ2v) is 8.32. The van der Waals surface area contributed by atoms with Gasteiger partial charge in [-0.3, -0.25) is 4.79 Å². The highest BCUT2D eigenvalue weighted by molar-refractivity contribution is 7.08. The van der Waals surface area contributed by atoms with Crippen LogP contribution in [0.3, 0.4) is 0 Å². The van der Waals surface area contributed by atoms with E-state index in [2.05, 4.69) is 39.8 Å². The molecule has 3 aromatic rings. The van der Waals surface area contributed by atoms with Gasteiger partial charge in [-0.15, -0.1) is 0 Å². The van der Waals surface area contributed by atoms with Gasteiger partial charge in [0.25, 0.3) is 0 Å². The van der Waals surface area contributed by atoms with Crippen molar-refractivity contribution in [1.29, 1.82) is 0 Å². The third-order valence-corrected chi connectivity index (χ3v) is 6.47. The highest BCUT2D eigenvalue weighted by Gasteiger charge is 2.28. The number of aromatic amines is 1. The van der Waals surface area contributed by atoms with Crippen molar-refractivity contribution in [3.63, 3.8) is 0 Å². The number of hydrogen-bond acceptors (Lipinski definition) is 4. The maximum absolute atomic E-state index is 12.9. The van der Waals surface area contributed by atoms with E-state index in [4.69, 9.17) is 5.73 Å².